The Morgan fingerprint density at radius 2 is 1.48 bits per heavy atom. The first kappa shape index (κ1) is 29.2. The molecular formula is C32H29ClN2O6S. The maximum absolute atomic E-state index is 12.5. The molecule has 0 bridgehead atoms. The fraction of sp³-hybridized carbons (Fsp3) is 0.219. The number of rotatable bonds is 10. The van der Waals surface area contributed by atoms with Gasteiger partial charge in [0.2, 0.25) is 5.91 Å². The number of carboxylic acids is 1. The number of carbonyl (C=O) groups excluding carboxylic acids is 2. The van der Waals surface area contributed by atoms with Crippen molar-refractivity contribution in [2.75, 3.05) is 5.32 Å². The largest absolute Gasteiger partial charge is 0.490 e. The SMILES string of the molecule is O=C(Cc1ccc(Oc2ccc(OC3CCC(NC(=O)c4ccc(Cl)s4)CC3)cc2)cc1)Nc1ccccc1C(=O)O. The number of hydrogen-bond acceptors (Lipinski definition) is 6. The normalized spacial score (nSPS) is 16.3. The summed E-state index contributed by atoms with van der Waals surface area (Å²) in [4.78, 5) is 36.8. The standard InChI is InChI=1S/C32H29ClN2O6S/c33-29-18-17-28(42-29)31(37)34-21-7-11-23(12-8-21)41-25-15-13-24(14-16-25)40-22-9-5-20(6-10-22)19-30(36)35-27-4-2-1-3-26(27)32(38)39/h1-6,9-10,13-18,21,23H,7-8,11-12,19H2,(H,34,37)(H,35,36)(H,38,39). The summed E-state index contributed by atoms with van der Waals surface area (Å²) in [6.45, 7) is 0. The molecule has 0 unspecified atom stereocenters. The number of anilines is 1. The monoisotopic (exact) mass is 604 g/mol. The lowest BCUT2D eigenvalue weighted by Gasteiger charge is -2.29. The van der Waals surface area contributed by atoms with Gasteiger partial charge in [0, 0.05) is 6.04 Å². The van der Waals surface area contributed by atoms with Crippen molar-refractivity contribution in [3.05, 3.63) is 105 Å². The predicted octanol–water partition coefficient (Wildman–Crippen LogP) is 7.19. The van der Waals surface area contributed by atoms with Crippen molar-refractivity contribution in [2.24, 2.45) is 0 Å². The average molecular weight is 605 g/mol. The Labute approximate surface area is 252 Å². The van der Waals surface area contributed by atoms with Crippen LogP contribution in [0.2, 0.25) is 4.34 Å². The van der Waals surface area contributed by atoms with Gasteiger partial charge in [0.15, 0.2) is 0 Å². The molecule has 2 amide bonds. The highest BCUT2D eigenvalue weighted by atomic mass is 35.5. The number of para-hydroxylation sites is 1. The van der Waals surface area contributed by atoms with Crippen molar-refractivity contribution in [1.82, 2.24) is 5.32 Å². The van der Waals surface area contributed by atoms with Gasteiger partial charge in [-0.15, -0.1) is 11.3 Å². The van der Waals surface area contributed by atoms with E-state index in [0.717, 1.165) is 37.0 Å². The van der Waals surface area contributed by atoms with E-state index >= 15 is 0 Å². The summed E-state index contributed by atoms with van der Waals surface area (Å²) in [5.41, 5.74) is 1.07. The summed E-state index contributed by atoms with van der Waals surface area (Å²) in [6.07, 6.45) is 3.59. The third-order valence-electron chi connectivity index (χ3n) is 6.89. The molecule has 5 rings (SSSR count). The fourth-order valence-corrected chi connectivity index (χ4v) is 5.71. The maximum Gasteiger partial charge on any atom is 0.337 e. The number of nitrogens with one attached hydrogen (secondary N) is 2. The highest BCUT2D eigenvalue weighted by Gasteiger charge is 2.24. The van der Waals surface area contributed by atoms with Gasteiger partial charge in [-0.3, -0.25) is 9.59 Å². The van der Waals surface area contributed by atoms with Gasteiger partial charge in [0.05, 0.1) is 33.0 Å². The molecule has 216 valence electrons. The minimum absolute atomic E-state index is 0.0419. The zero-order valence-corrected chi connectivity index (χ0v) is 24.1. The fourth-order valence-electron chi connectivity index (χ4n) is 4.77. The van der Waals surface area contributed by atoms with Crippen molar-refractivity contribution in [1.29, 1.82) is 0 Å². The molecule has 1 saturated carbocycles. The van der Waals surface area contributed by atoms with Crippen LogP contribution in [0.3, 0.4) is 0 Å². The van der Waals surface area contributed by atoms with E-state index in [1.54, 1.807) is 54.6 Å². The van der Waals surface area contributed by atoms with Crippen LogP contribution in [0, 0.1) is 0 Å². The van der Waals surface area contributed by atoms with E-state index in [9.17, 15) is 19.5 Å². The molecule has 0 aliphatic heterocycles. The highest BCUT2D eigenvalue weighted by Crippen LogP contribution is 2.28. The lowest BCUT2D eigenvalue weighted by molar-refractivity contribution is -0.115. The third kappa shape index (κ3) is 7.90. The first-order valence-corrected chi connectivity index (χ1v) is 14.7. The Morgan fingerprint density at radius 3 is 2.12 bits per heavy atom. The number of benzene rings is 3. The number of carboxylic acid groups (broad SMARTS) is 1. The van der Waals surface area contributed by atoms with Crippen molar-refractivity contribution in [3.8, 4) is 17.2 Å². The topological polar surface area (TPSA) is 114 Å². The number of amides is 2. The Hall–Kier alpha value is -4.34. The number of aromatic carboxylic acids is 1. The molecule has 0 spiro atoms. The van der Waals surface area contributed by atoms with Gasteiger partial charge < -0.3 is 25.2 Å². The average Bonchev–Trinajstić information content (AvgIpc) is 3.43. The molecule has 3 aromatic carbocycles. The quantitative estimate of drug-likeness (QED) is 0.176. The van der Waals surface area contributed by atoms with Crippen LogP contribution in [0.25, 0.3) is 0 Å². The molecule has 42 heavy (non-hydrogen) atoms. The number of ether oxygens (including phenoxy) is 2. The van der Waals surface area contributed by atoms with E-state index in [1.165, 1.54) is 17.4 Å². The van der Waals surface area contributed by atoms with Crippen LogP contribution in [0.1, 0.15) is 51.3 Å². The van der Waals surface area contributed by atoms with E-state index in [4.69, 9.17) is 21.1 Å². The molecule has 0 saturated heterocycles. The lowest BCUT2D eigenvalue weighted by Crippen LogP contribution is -2.39. The molecular weight excluding hydrogens is 576 g/mol. The van der Waals surface area contributed by atoms with Crippen LogP contribution >= 0.6 is 22.9 Å². The first-order valence-electron chi connectivity index (χ1n) is 13.5. The Morgan fingerprint density at radius 1 is 0.833 bits per heavy atom. The smallest absolute Gasteiger partial charge is 0.337 e. The minimum Gasteiger partial charge on any atom is -0.490 e. The van der Waals surface area contributed by atoms with Gasteiger partial charge in [0.25, 0.3) is 5.91 Å². The van der Waals surface area contributed by atoms with E-state index in [1.807, 2.05) is 24.3 Å². The molecule has 8 nitrogen and oxygen atoms in total. The third-order valence-corrected chi connectivity index (χ3v) is 8.12. The number of halogens is 1. The zero-order chi connectivity index (χ0) is 29.5. The molecule has 1 aliphatic carbocycles. The number of hydrogen-bond donors (Lipinski definition) is 3. The molecule has 0 atom stereocenters. The second-order valence-electron chi connectivity index (χ2n) is 9.96. The Bertz CT molecular complexity index is 1550. The highest BCUT2D eigenvalue weighted by molar-refractivity contribution is 7.18. The van der Waals surface area contributed by atoms with Gasteiger partial charge >= 0.3 is 5.97 Å². The summed E-state index contributed by atoms with van der Waals surface area (Å²) in [5, 5.41) is 15.0. The van der Waals surface area contributed by atoms with Crippen LogP contribution in [-0.2, 0) is 11.2 Å². The molecule has 1 aromatic heterocycles. The van der Waals surface area contributed by atoms with Crippen LogP contribution in [0.15, 0.2) is 84.9 Å². The van der Waals surface area contributed by atoms with Crippen molar-refractivity contribution in [3.63, 3.8) is 0 Å². The minimum atomic E-state index is -1.10. The second-order valence-corrected chi connectivity index (χ2v) is 11.7. The summed E-state index contributed by atoms with van der Waals surface area (Å²) >= 11 is 7.22. The van der Waals surface area contributed by atoms with Gasteiger partial charge in [-0.05, 0) is 91.9 Å². The summed E-state index contributed by atoms with van der Waals surface area (Å²) in [5.74, 6) is 0.542. The van der Waals surface area contributed by atoms with Crippen molar-refractivity contribution < 1.29 is 29.0 Å². The van der Waals surface area contributed by atoms with Crippen molar-refractivity contribution >= 4 is 46.4 Å². The van der Waals surface area contributed by atoms with Crippen molar-refractivity contribution in [2.45, 2.75) is 44.2 Å². The van der Waals surface area contributed by atoms with E-state index in [-0.39, 0.29) is 41.6 Å². The van der Waals surface area contributed by atoms with Crippen LogP contribution in [0.4, 0.5) is 5.69 Å². The molecule has 1 fully saturated rings. The number of thiophene rings is 1. The molecule has 0 radical (unpaired) electrons. The van der Waals surface area contributed by atoms with Crippen LogP contribution in [0.5, 0.6) is 17.2 Å². The zero-order valence-electron chi connectivity index (χ0n) is 22.5. The molecule has 10 heteroatoms. The Kier molecular flexibility index (Phi) is 9.41. The summed E-state index contributed by atoms with van der Waals surface area (Å²) in [7, 11) is 0. The maximum atomic E-state index is 12.5. The molecule has 1 aliphatic rings. The Balaban J connectivity index is 1.06. The molecule has 4 aromatic rings. The van der Waals surface area contributed by atoms with Gasteiger partial charge in [-0.1, -0.05) is 35.9 Å². The van der Waals surface area contributed by atoms with E-state index < -0.39 is 5.97 Å². The summed E-state index contributed by atoms with van der Waals surface area (Å²) in [6, 6.07) is 24.5. The second kappa shape index (κ2) is 13.5. The van der Waals surface area contributed by atoms with Gasteiger partial charge in [0.1, 0.15) is 17.2 Å². The van der Waals surface area contributed by atoms with Gasteiger partial charge in [-0.25, -0.2) is 4.79 Å². The molecule has 1 heterocycles. The predicted molar refractivity (Wildman–Crippen MR) is 162 cm³/mol. The van der Waals surface area contributed by atoms with Gasteiger partial charge in [-0.2, -0.15) is 0 Å². The van der Waals surface area contributed by atoms with E-state index in [0.29, 0.717) is 20.7 Å². The molecule has 3 N–H and O–H groups in total. The van der Waals surface area contributed by atoms with E-state index in [2.05, 4.69) is 10.6 Å². The number of carbonyl (C=O) groups is 3. The van der Waals surface area contributed by atoms with Crippen LogP contribution in [-0.4, -0.2) is 35.0 Å². The lowest BCUT2D eigenvalue weighted by atomic mass is 9.93. The van der Waals surface area contributed by atoms with Crippen LogP contribution < -0.4 is 20.1 Å². The summed E-state index contributed by atoms with van der Waals surface area (Å²) < 4.78 is 12.7. The first-order chi connectivity index (χ1) is 20.3.